The van der Waals surface area contributed by atoms with Gasteiger partial charge in [0.05, 0.1) is 12.1 Å². The van der Waals surface area contributed by atoms with Crippen molar-refractivity contribution in [3.8, 4) is 0 Å². The molecule has 2 rings (SSSR count). The van der Waals surface area contributed by atoms with Gasteiger partial charge in [-0.3, -0.25) is 14.9 Å². The van der Waals surface area contributed by atoms with Gasteiger partial charge in [-0.25, -0.2) is 9.37 Å². The lowest BCUT2D eigenvalue weighted by atomic mass is 10.2. The van der Waals surface area contributed by atoms with E-state index >= 15 is 0 Å². The van der Waals surface area contributed by atoms with E-state index in [0.717, 1.165) is 6.42 Å². The van der Waals surface area contributed by atoms with Gasteiger partial charge in [-0.2, -0.15) is 0 Å². The summed E-state index contributed by atoms with van der Waals surface area (Å²) in [7, 11) is 0. The van der Waals surface area contributed by atoms with Crippen LogP contribution >= 0.6 is 11.3 Å². The van der Waals surface area contributed by atoms with E-state index in [-0.39, 0.29) is 18.2 Å². The van der Waals surface area contributed by atoms with Crippen LogP contribution in [0.5, 0.6) is 0 Å². The fraction of sp³-hybridized carbons (Fsp3) is 0.267. The SMILES string of the molecule is CCCNC(=O)Cc1csc(NC(=O)c2ccc(F)cc2)n1. The van der Waals surface area contributed by atoms with Crippen LogP contribution in [-0.4, -0.2) is 23.3 Å². The number of carbonyl (C=O) groups is 2. The molecular weight excluding hydrogens is 305 g/mol. The number of benzene rings is 1. The molecule has 2 amide bonds. The Kier molecular flexibility index (Phi) is 5.60. The molecule has 116 valence electrons. The second-order valence-corrected chi connectivity index (χ2v) is 5.49. The number of rotatable bonds is 6. The molecule has 1 aromatic heterocycles. The van der Waals surface area contributed by atoms with E-state index in [1.54, 1.807) is 5.38 Å². The van der Waals surface area contributed by atoms with E-state index in [4.69, 9.17) is 0 Å². The van der Waals surface area contributed by atoms with Crippen molar-refractivity contribution in [2.45, 2.75) is 19.8 Å². The number of thiazole rings is 1. The third-order valence-electron chi connectivity index (χ3n) is 2.79. The van der Waals surface area contributed by atoms with Crippen molar-refractivity contribution in [1.29, 1.82) is 0 Å². The number of nitrogens with one attached hydrogen (secondary N) is 2. The second kappa shape index (κ2) is 7.65. The van der Waals surface area contributed by atoms with Gasteiger partial charge < -0.3 is 5.32 Å². The summed E-state index contributed by atoms with van der Waals surface area (Å²) < 4.78 is 12.8. The van der Waals surface area contributed by atoms with Crippen molar-refractivity contribution in [1.82, 2.24) is 10.3 Å². The average molecular weight is 321 g/mol. The molecule has 0 aliphatic rings. The highest BCUT2D eigenvalue weighted by Crippen LogP contribution is 2.17. The first-order valence-corrected chi connectivity index (χ1v) is 7.74. The first-order valence-electron chi connectivity index (χ1n) is 6.86. The Morgan fingerprint density at radius 1 is 1.27 bits per heavy atom. The van der Waals surface area contributed by atoms with E-state index in [9.17, 15) is 14.0 Å². The van der Waals surface area contributed by atoms with Gasteiger partial charge in [0, 0.05) is 17.5 Å². The molecular formula is C15H16FN3O2S. The molecule has 7 heteroatoms. The maximum absolute atomic E-state index is 12.8. The topological polar surface area (TPSA) is 71.1 Å². The van der Waals surface area contributed by atoms with E-state index in [1.807, 2.05) is 6.92 Å². The van der Waals surface area contributed by atoms with E-state index in [0.29, 0.717) is 22.9 Å². The van der Waals surface area contributed by atoms with Crippen LogP contribution in [0.3, 0.4) is 0 Å². The van der Waals surface area contributed by atoms with Crippen LogP contribution in [0.25, 0.3) is 0 Å². The van der Waals surface area contributed by atoms with Gasteiger partial charge in [0.25, 0.3) is 5.91 Å². The van der Waals surface area contributed by atoms with Crippen molar-refractivity contribution < 1.29 is 14.0 Å². The first-order chi connectivity index (χ1) is 10.6. The molecule has 2 aromatic rings. The van der Waals surface area contributed by atoms with Crippen molar-refractivity contribution >= 4 is 28.3 Å². The molecule has 2 N–H and O–H groups in total. The number of halogens is 1. The lowest BCUT2D eigenvalue weighted by molar-refractivity contribution is -0.120. The molecule has 1 heterocycles. The summed E-state index contributed by atoms with van der Waals surface area (Å²) >= 11 is 1.24. The highest BCUT2D eigenvalue weighted by molar-refractivity contribution is 7.14. The summed E-state index contributed by atoms with van der Waals surface area (Å²) in [5.74, 6) is -0.855. The zero-order valence-corrected chi connectivity index (χ0v) is 12.9. The Hall–Kier alpha value is -2.28. The fourth-order valence-corrected chi connectivity index (χ4v) is 2.41. The highest BCUT2D eigenvalue weighted by Gasteiger charge is 2.11. The van der Waals surface area contributed by atoms with Crippen LogP contribution in [-0.2, 0) is 11.2 Å². The Bertz CT molecular complexity index is 655. The lowest BCUT2D eigenvalue weighted by Gasteiger charge is -2.02. The predicted molar refractivity (Wildman–Crippen MR) is 83.5 cm³/mol. The number of nitrogens with zero attached hydrogens (tertiary/aromatic N) is 1. The van der Waals surface area contributed by atoms with Crippen LogP contribution in [0.2, 0.25) is 0 Å². The molecule has 0 spiro atoms. The monoisotopic (exact) mass is 321 g/mol. The molecule has 0 aliphatic heterocycles. The maximum Gasteiger partial charge on any atom is 0.257 e. The van der Waals surface area contributed by atoms with Crippen molar-refractivity contribution in [3.05, 3.63) is 46.7 Å². The van der Waals surface area contributed by atoms with E-state index < -0.39 is 5.82 Å². The third kappa shape index (κ3) is 4.63. The normalized spacial score (nSPS) is 10.3. The van der Waals surface area contributed by atoms with Gasteiger partial charge in [0.2, 0.25) is 5.91 Å². The number of amides is 2. The van der Waals surface area contributed by atoms with E-state index in [1.165, 1.54) is 35.6 Å². The molecule has 5 nitrogen and oxygen atoms in total. The molecule has 0 bridgehead atoms. The van der Waals surface area contributed by atoms with Gasteiger partial charge in [-0.15, -0.1) is 11.3 Å². The molecule has 0 saturated carbocycles. The van der Waals surface area contributed by atoms with Gasteiger partial charge in [-0.05, 0) is 30.7 Å². The largest absolute Gasteiger partial charge is 0.356 e. The molecule has 0 fully saturated rings. The third-order valence-corrected chi connectivity index (χ3v) is 3.60. The minimum Gasteiger partial charge on any atom is -0.356 e. The molecule has 0 unspecified atom stereocenters. The minimum atomic E-state index is -0.397. The number of hydrogen-bond acceptors (Lipinski definition) is 4. The Morgan fingerprint density at radius 3 is 2.68 bits per heavy atom. The van der Waals surface area contributed by atoms with Gasteiger partial charge in [-0.1, -0.05) is 6.92 Å². The highest BCUT2D eigenvalue weighted by atomic mass is 32.1. The summed E-state index contributed by atoms with van der Waals surface area (Å²) in [6, 6.07) is 5.25. The van der Waals surface area contributed by atoms with Crippen LogP contribution < -0.4 is 10.6 Å². The number of anilines is 1. The minimum absolute atomic E-state index is 0.0939. The molecule has 0 radical (unpaired) electrons. The maximum atomic E-state index is 12.8. The summed E-state index contributed by atoms with van der Waals surface area (Å²) in [5, 5.41) is 7.53. The average Bonchev–Trinajstić information content (AvgIpc) is 2.92. The van der Waals surface area contributed by atoms with Crippen molar-refractivity contribution in [3.63, 3.8) is 0 Å². The van der Waals surface area contributed by atoms with Crippen molar-refractivity contribution in [2.75, 3.05) is 11.9 Å². The first kappa shape index (κ1) is 16.1. The quantitative estimate of drug-likeness (QED) is 0.859. The fourth-order valence-electron chi connectivity index (χ4n) is 1.71. The van der Waals surface area contributed by atoms with Crippen LogP contribution in [0.15, 0.2) is 29.6 Å². The zero-order chi connectivity index (χ0) is 15.9. The lowest BCUT2D eigenvalue weighted by Crippen LogP contribution is -2.25. The molecule has 1 aromatic carbocycles. The van der Waals surface area contributed by atoms with Crippen molar-refractivity contribution in [2.24, 2.45) is 0 Å². The van der Waals surface area contributed by atoms with Crippen LogP contribution in [0, 0.1) is 5.82 Å². The number of carbonyl (C=O) groups excluding carboxylic acids is 2. The smallest absolute Gasteiger partial charge is 0.257 e. The summed E-state index contributed by atoms with van der Waals surface area (Å²) in [5.41, 5.74) is 0.951. The van der Waals surface area contributed by atoms with E-state index in [2.05, 4.69) is 15.6 Å². The molecule has 0 atom stereocenters. The van der Waals surface area contributed by atoms with Gasteiger partial charge in [0.15, 0.2) is 5.13 Å². The Balaban J connectivity index is 1.92. The Labute approximate surface area is 131 Å². The summed E-state index contributed by atoms with van der Waals surface area (Å²) in [6.07, 6.45) is 1.06. The molecule has 0 saturated heterocycles. The number of aromatic nitrogens is 1. The Morgan fingerprint density at radius 2 is 2.00 bits per heavy atom. The predicted octanol–water partition coefficient (Wildman–Crippen LogP) is 2.60. The summed E-state index contributed by atoms with van der Waals surface area (Å²) in [6.45, 7) is 2.61. The van der Waals surface area contributed by atoms with Crippen LogP contribution in [0.4, 0.5) is 9.52 Å². The molecule has 22 heavy (non-hydrogen) atoms. The number of hydrogen-bond donors (Lipinski definition) is 2. The van der Waals surface area contributed by atoms with Gasteiger partial charge in [0.1, 0.15) is 5.82 Å². The zero-order valence-electron chi connectivity index (χ0n) is 12.1. The molecule has 0 aliphatic carbocycles. The van der Waals surface area contributed by atoms with Gasteiger partial charge >= 0.3 is 0 Å². The van der Waals surface area contributed by atoms with Crippen LogP contribution in [0.1, 0.15) is 29.4 Å². The standard InChI is InChI=1S/C15H16FN3O2S/c1-2-7-17-13(20)8-12-9-22-15(18-12)19-14(21)10-3-5-11(16)6-4-10/h3-6,9H,2,7-8H2,1H3,(H,17,20)(H,18,19,21). The second-order valence-electron chi connectivity index (χ2n) is 4.63. The summed E-state index contributed by atoms with van der Waals surface area (Å²) in [4.78, 5) is 27.7.